The molecule has 0 fully saturated rings. The van der Waals surface area contributed by atoms with Gasteiger partial charge in [-0.25, -0.2) is 0 Å². The Bertz CT molecular complexity index is 545. The van der Waals surface area contributed by atoms with Crippen molar-refractivity contribution in [2.45, 2.75) is 33.5 Å². The van der Waals surface area contributed by atoms with Crippen molar-refractivity contribution in [2.75, 3.05) is 11.9 Å². The fraction of sp³-hybridized carbons (Fsp3) is 0.400. The second-order valence-electron chi connectivity index (χ2n) is 4.78. The molecule has 19 heavy (non-hydrogen) atoms. The van der Waals surface area contributed by atoms with Gasteiger partial charge < -0.3 is 10.6 Å². The Morgan fingerprint density at radius 1 is 1.32 bits per heavy atom. The molecule has 0 radical (unpaired) electrons. The zero-order valence-corrected chi connectivity index (χ0v) is 11.9. The number of aryl methyl sites for hydroxylation is 2. The van der Waals surface area contributed by atoms with E-state index in [0.717, 1.165) is 18.8 Å². The lowest BCUT2D eigenvalue weighted by atomic mass is 10.1. The molecule has 0 aliphatic carbocycles. The van der Waals surface area contributed by atoms with Gasteiger partial charge in [0.1, 0.15) is 0 Å². The molecule has 0 spiro atoms. The molecule has 2 aromatic rings. The Balaban J connectivity index is 2.22. The highest BCUT2D eigenvalue weighted by Crippen LogP contribution is 2.20. The largest absolute Gasteiger partial charge is 0.368 e. The number of nitrogens with two attached hydrogens (primary N) is 1. The van der Waals surface area contributed by atoms with Gasteiger partial charge in [0.15, 0.2) is 0 Å². The SMILES string of the molecule is CCn1nc(C)cc1CN(C)c1ccccc1CN. The highest BCUT2D eigenvalue weighted by Gasteiger charge is 2.10. The zero-order valence-electron chi connectivity index (χ0n) is 11.9. The first-order valence-corrected chi connectivity index (χ1v) is 6.68. The van der Waals surface area contributed by atoms with E-state index in [9.17, 15) is 0 Å². The van der Waals surface area contributed by atoms with E-state index in [-0.39, 0.29) is 0 Å². The molecule has 0 atom stereocenters. The molecule has 4 nitrogen and oxygen atoms in total. The molecule has 102 valence electrons. The van der Waals surface area contributed by atoms with Crippen LogP contribution in [0.1, 0.15) is 23.9 Å². The monoisotopic (exact) mass is 258 g/mol. The summed E-state index contributed by atoms with van der Waals surface area (Å²) in [6, 6.07) is 10.4. The summed E-state index contributed by atoms with van der Waals surface area (Å²) in [7, 11) is 2.09. The normalized spacial score (nSPS) is 10.7. The van der Waals surface area contributed by atoms with Crippen LogP contribution < -0.4 is 10.6 Å². The van der Waals surface area contributed by atoms with Gasteiger partial charge in [0, 0.05) is 25.8 Å². The zero-order chi connectivity index (χ0) is 13.8. The Morgan fingerprint density at radius 2 is 2.05 bits per heavy atom. The molecule has 0 bridgehead atoms. The van der Waals surface area contributed by atoms with Gasteiger partial charge in [-0.1, -0.05) is 18.2 Å². The lowest BCUT2D eigenvalue weighted by Crippen LogP contribution is -2.21. The highest BCUT2D eigenvalue weighted by molar-refractivity contribution is 5.53. The lowest BCUT2D eigenvalue weighted by molar-refractivity contribution is 0.612. The van der Waals surface area contributed by atoms with Crippen molar-refractivity contribution in [2.24, 2.45) is 5.73 Å². The van der Waals surface area contributed by atoms with Crippen LogP contribution >= 0.6 is 0 Å². The van der Waals surface area contributed by atoms with Crippen LogP contribution in [-0.2, 0) is 19.6 Å². The summed E-state index contributed by atoms with van der Waals surface area (Å²) in [4.78, 5) is 2.23. The van der Waals surface area contributed by atoms with E-state index in [1.54, 1.807) is 0 Å². The topological polar surface area (TPSA) is 47.1 Å². The van der Waals surface area contributed by atoms with Crippen LogP contribution in [0.5, 0.6) is 0 Å². The minimum Gasteiger partial charge on any atom is -0.368 e. The summed E-state index contributed by atoms with van der Waals surface area (Å²) >= 11 is 0. The predicted octanol–water partition coefficient (Wildman–Crippen LogP) is 2.31. The minimum absolute atomic E-state index is 0.562. The van der Waals surface area contributed by atoms with Crippen molar-refractivity contribution >= 4 is 5.69 Å². The summed E-state index contributed by atoms with van der Waals surface area (Å²) in [6.45, 7) is 6.45. The van der Waals surface area contributed by atoms with E-state index >= 15 is 0 Å². The standard InChI is InChI=1S/C15H22N4/c1-4-19-14(9-12(2)17-19)11-18(3)15-8-6-5-7-13(15)10-16/h5-9H,4,10-11,16H2,1-3H3. The van der Waals surface area contributed by atoms with Crippen LogP contribution in [0, 0.1) is 6.92 Å². The molecule has 0 amide bonds. The molecule has 1 heterocycles. The van der Waals surface area contributed by atoms with Crippen LogP contribution in [0.15, 0.2) is 30.3 Å². The second kappa shape index (κ2) is 5.89. The molecular formula is C15H22N4. The summed E-state index contributed by atoms with van der Waals surface area (Å²) < 4.78 is 2.05. The van der Waals surface area contributed by atoms with Crippen LogP contribution in [0.2, 0.25) is 0 Å². The first-order chi connectivity index (χ1) is 9.15. The van der Waals surface area contributed by atoms with E-state index in [0.29, 0.717) is 6.54 Å². The predicted molar refractivity (Wildman–Crippen MR) is 79.1 cm³/mol. The molecule has 1 aromatic carbocycles. The summed E-state index contributed by atoms with van der Waals surface area (Å²) in [5.41, 5.74) is 10.5. The lowest BCUT2D eigenvalue weighted by Gasteiger charge is -2.22. The van der Waals surface area contributed by atoms with Gasteiger partial charge in [-0.05, 0) is 31.5 Å². The Kier molecular flexibility index (Phi) is 4.22. The molecule has 4 heteroatoms. The van der Waals surface area contributed by atoms with Crippen molar-refractivity contribution in [3.8, 4) is 0 Å². The number of hydrogen-bond donors (Lipinski definition) is 1. The van der Waals surface area contributed by atoms with E-state index in [1.807, 2.05) is 19.1 Å². The Hall–Kier alpha value is -1.81. The van der Waals surface area contributed by atoms with Crippen molar-refractivity contribution in [3.05, 3.63) is 47.3 Å². The average molecular weight is 258 g/mol. The average Bonchev–Trinajstić information content (AvgIpc) is 2.78. The van der Waals surface area contributed by atoms with E-state index in [4.69, 9.17) is 5.73 Å². The molecule has 1 aromatic heterocycles. The Morgan fingerprint density at radius 3 is 2.74 bits per heavy atom. The van der Waals surface area contributed by atoms with Gasteiger partial charge in [0.2, 0.25) is 0 Å². The quantitative estimate of drug-likeness (QED) is 0.895. The third kappa shape index (κ3) is 2.96. The van der Waals surface area contributed by atoms with Crippen molar-refractivity contribution in [3.63, 3.8) is 0 Å². The minimum atomic E-state index is 0.562. The number of anilines is 1. The second-order valence-corrected chi connectivity index (χ2v) is 4.78. The molecule has 0 unspecified atom stereocenters. The molecule has 0 aliphatic rings. The third-order valence-corrected chi connectivity index (χ3v) is 3.31. The first kappa shape index (κ1) is 13.6. The molecule has 2 N–H and O–H groups in total. The third-order valence-electron chi connectivity index (χ3n) is 3.31. The number of rotatable bonds is 5. The highest BCUT2D eigenvalue weighted by atomic mass is 15.3. The van der Waals surface area contributed by atoms with Crippen LogP contribution in [0.4, 0.5) is 5.69 Å². The van der Waals surface area contributed by atoms with Crippen molar-refractivity contribution in [1.29, 1.82) is 0 Å². The maximum atomic E-state index is 5.80. The van der Waals surface area contributed by atoms with Gasteiger partial charge in [-0.3, -0.25) is 4.68 Å². The van der Waals surface area contributed by atoms with Gasteiger partial charge in [-0.2, -0.15) is 5.10 Å². The summed E-state index contributed by atoms with van der Waals surface area (Å²) in [6.07, 6.45) is 0. The van der Waals surface area contributed by atoms with Crippen LogP contribution in [0.25, 0.3) is 0 Å². The smallest absolute Gasteiger partial charge is 0.0597 e. The summed E-state index contributed by atoms with van der Waals surface area (Å²) in [5.74, 6) is 0. The number of aromatic nitrogens is 2. The van der Waals surface area contributed by atoms with E-state index in [1.165, 1.54) is 16.9 Å². The fourth-order valence-corrected chi connectivity index (χ4v) is 2.38. The van der Waals surface area contributed by atoms with E-state index in [2.05, 4.69) is 46.9 Å². The van der Waals surface area contributed by atoms with Gasteiger partial charge in [-0.15, -0.1) is 0 Å². The number of nitrogens with zero attached hydrogens (tertiary/aromatic N) is 3. The van der Waals surface area contributed by atoms with E-state index < -0.39 is 0 Å². The van der Waals surface area contributed by atoms with Gasteiger partial charge in [0.05, 0.1) is 17.9 Å². The van der Waals surface area contributed by atoms with Gasteiger partial charge >= 0.3 is 0 Å². The molecule has 2 rings (SSSR count). The molecular weight excluding hydrogens is 236 g/mol. The van der Waals surface area contributed by atoms with Crippen molar-refractivity contribution in [1.82, 2.24) is 9.78 Å². The van der Waals surface area contributed by atoms with Crippen molar-refractivity contribution < 1.29 is 0 Å². The number of hydrogen-bond acceptors (Lipinski definition) is 3. The van der Waals surface area contributed by atoms with Crippen LogP contribution in [-0.4, -0.2) is 16.8 Å². The first-order valence-electron chi connectivity index (χ1n) is 6.68. The molecule has 0 aliphatic heterocycles. The Labute approximate surface area is 114 Å². The fourth-order valence-electron chi connectivity index (χ4n) is 2.38. The van der Waals surface area contributed by atoms with Crippen LogP contribution in [0.3, 0.4) is 0 Å². The molecule has 0 saturated heterocycles. The maximum absolute atomic E-state index is 5.80. The molecule has 0 saturated carbocycles. The number of benzene rings is 1. The number of para-hydroxylation sites is 1. The maximum Gasteiger partial charge on any atom is 0.0597 e. The van der Waals surface area contributed by atoms with Gasteiger partial charge in [0.25, 0.3) is 0 Å². The summed E-state index contributed by atoms with van der Waals surface area (Å²) in [5, 5.41) is 4.48.